The Kier molecular flexibility index (Phi) is 3.98. The smallest absolute Gasteiger partial charge is 0.240 e. The molecule has 4 N–H and O–H groups in total. The summed E-state index contributed by atoms with van der Waals surface area (Å²) < 4.78 is 24.1. The third-order valence-corrected chi connectivity index (χ3v) is 5.21. The number of primary sulfonamides is 1. The molecule has 0 unspecified atom stereocenters. The van der Waals surface area contributed by atoms with Crippen molar-refractivity contribution in [3.8, 4) is 0 Å². The number of aliphatic hydroxyl groups is 1. The Hall–Kier alpha value is -1.41. The van der Waals surface area contributed by atoms with Crippen LogP contribution in [0.5, 0.6) is 0 Å². The summed E-state index contributed by atoms with van der Waals surface area (Å²) in [6.07, 6.45) is -0.0795. The highest BCUT2D eigenvalue weighted by molar-refractivity contribution is 9.10. The van der Waals surface area contributed by atoms with Crippen molar-refractivity contribution in [2.24, 2.45) is 5.14 Å². The number of hydrogen-bond donors (Lipinski definition) is 3. The summed E-state index contributed by atoms with van der Waals surface area (Å²) in [6.45, 7) is 0. The normalized spacial score (nSPS) is 20.7. The first-order valence-corrected chi connectivity index (χ1v) is 9.05. The molecule has 0 amide bonds. The summed E-state index contributed by atoms with van der Waals surface area (Å²) in [4.78, 5) is -0.00143. The first kappa shape index (κ1) is 15.5. The molecule has 2 aromatic rings. The van der Waals surface area contributed by atoms with Gasteiger partial charge in [-0.2, -0.15) is 0 Å². The topological polar surface area (TPSA) is 92.4 Å². The molecule has 1 aliphatic rings. The Morgan fingerprint density at radius 1 is 1.23 bits per heavy atom. The first-order chi connectivity index (χ1) is 10.4. The highest BCUT2D eigenvalue weighted by Gasteiger charge is 2.31. The van der Waals surface area contributed by atoms with Crippen LogP contribution in [0.2, 0.25) is 0 Å². The molecule has 0 heterocycles. The molecule has 116 valence electrons. The predicted octanol–water partition coefficient (Wildman–Crippen LogP) is 2.17. The molecule has 0 aromatic heterocycles. The zero-order valence-electron chi connectivity index (χ0n) is 11.5. The molecule has 0 saturated carbocycles. The van der Waals surface area contributed by atoms with E-state index in [1.807, 2.05) is 24.3 Å². The van der Waals surface area contributed by atoms with E-state index in [4.69, 9.17) is 5.14 Å². The molecule has 0 spiro atoms. The summed E-state index contributed by atoms with van der Waals surface area (Å²) >= 11 is 3.24. The van der Waals surface area contributed by atoms with Crippen LogP contribution in [0.1, 0.15) is 17.2 Å². The molecule has 22 heavy (non-hydrogen) atoms. The Bertz CT molecular complexity index is 823. The molecule has 1 aliphatic carbocycles. The fourth-order valence-electron chi connectivity index (χ4n) is 2.77. The van der Waals surface area contributed by atoms with Crippen molar-refractivity contribution in [3.05, 3.63) is 58.1 Å². The third-order valence-electron chi connectivity index (χ3n) is 3.77. The highest BCUT2D eigenvalue weighted by Crippen LogP contribution is 2.36. The lowest BCUT2D eigenvalue weighted by atomic mass is 10.1. The number of sulfonamides is 1. The molecule has 0 fully saturated rings. The molecule has 5 nitrogen and oxygen atoms in total. The quantitative estimate of drug-likeness (QED) is 0.758. The van der Waals surface area contributed by atoms with E-state index in [1.54, 1.807) is 12.1 Å². The zero-order valence-corrected chi connectivity index (χ0v) is 13.9. The van der Waals surface area contributed by atoms with Gasteiger partial charge in [-0.05, 0) is 29.3 Å². The Morgan fingerprint density at radius 2 is 1.95 bits per heavy atom. The molecule has 0 saturated heterocycles. The van der Waals surface area contributed by atoms with Gasteiger partial charge in [0.15, 0.2) is 0 Å². The van der Waals surface area contributed by atoms with E-state index in [2.05, 4.69) is 21.2 Å². The third kappa shape index (κ3) is 2.89. The number of rotatable bonds is 3. The van der Waals surface area contributed by atoms with Crippen LogP contribution in [-0.4, -0.2) is 19.6 Å². The van der Waals surface area contributed by atoms with Gasteiger partial charge in [0.25, 0.3) is 0 Å². The SMILES string of the molecule is NS(=O)(=O)c1cc(Br)ccc1N[C@@H]1c2ccccc2C[C@@H]1O. The van der Waals surface area contributed by atoms with Crippen molar-refractivity contribution in [3.63, 3.8) is 0 Å². The average molecular weight is 383 g/mol. The highest BCUT2D eigenvalue weighted by atomic mass is 79.9. The predicted molar refractivity (Wildman–Crippen MR) is 88.0 cm³/mol. The Morgan fingerprint density at radius 3 is 2.68 bits per heavy atom. The van der Waals surface area contributed by atoms with E-state index in [1.165, 1.54) is 6.07 Å². The molecular weight excluding hydrogens is 368 g/mol. The molecule has 2 atom stereocenters. The van der Waals surface area contributed by atoms with E-state index in [-0.39, 0.29) is 10.9 Å². The summed E-state index contributed by atoms with van der Waals surface area (Å²) in [5.74, 6) is 0. The summed E-state index contributed by atoms with van der Waals surface area (Å²) in [5.41, 5.74) is 2.41. The number of fused-ring (bicyclic) bond motifs is 1. The van der Waals surface area contributed by atoms with Gasteiger partial charge in [0.2, 0.25) is 10.0 Å². The molecule has 2 aromatic carbocycles. The minimum absolute atomic E-state index is 0.00143. The van der Waals surface area contributed by atoms with Crippen LogP contribution in [0.3, 0.4) is 0 Å². The van der Waals surface area contributed by atoms with Gasteiger partial charge in [-0.1, -0.05) is 40.2 Å². The maximum atomic E-state index is 11.8. The minimum atomic E-state index is -3.87. The van der Waals surface area contributed by atoms with Crippen LogP contribution in [0.25, 0.3) is 0 Å². The fourth-order valence-corrected chi connectivity index (χ4v) is 4.00. The van der Waals surface area contributed by atoms with Crippen LogP contribution in [0, 0.1) is 0 Å². The van der Waals surface area contributed by atoms with E-state index < -0.39 is 16.1 Å². The van der Waals surface area contributed by atoms with E-state index in [0.29, 0.717) is 16.6 Å². The monoisotopic (exact) mass is 382 g/mol. The average Bonchev–Trinajstić information content (AvgIpc) is 2.76. The van der Waals surface area contributed by atoms with E-state index in [9.17, 15) is 13.5 Å². The number of hydrogen-bond acceptors (Lipinski definition) is 4. The van der Waals surface area contributed by atoms with Gasteiger partial charge >= 0.3 is 0 Å². The molecule has 0 radical (unpaired) electrons. The maximum Gasteiger partial charge on any atom is 0.240 e. The fraction of sp³-hybridized carbons (Fsp3) is 0.200. The zero-order chi connectivity index (χ0) is 15.9. The van der Waals surface area contributed by atoms with Crippen molar-refractivity contribution >= 4 is 31.6 Å². The van der Waals surface area contributed by atoms with E-state index >= 15 is 0 Å². The molecule has 3 rings (SSSR count). The molecule has 7 heteroatoms. The number of aliphatic hydroxyl groups excluding tert-OH is 1. The van der Waals surface area contributed by atoms with Crippen molar-refractivity contribution in [1.29, 1.82) is 0 Å². The maximum absolute atomic E-state index is 11.8. The van der Waals surface area contributed by atoms with E-state index in [0.717, 1.165) is 11.1 Å². The van der Waals surface area contributed by atoms with Crippen LogP contribution < -0.4 is 10.5 Å². The second-order valence-electron chi connectivity index (χ2n) is 5.28. The second-order valence-corrected chi connectivity index (χ2v) is 7.72. The second kappa shape index (κ2) is 5.66. The summed E-state index contributed by atoms with van der Waals surface area (Å²) in [6, 6.07) is 12.2. The number of nitrogens with one attached hydrogen (secondary N) is 1. The number of anilines is 1. The van der Waals surface area contributed by atoms with Gasteiger partial charge in [0, 0.05) is 10.9 Å². The lowest BCUT2D eigenvalue weighted by Gasteiger charge is -2.21. The van der Waals surface area contributed by atoms with Gasteiger partial charge in [0.05, 0.1) is 17.8 Å². The Labute approximate surface area is 137 Å². The van der Waals surface area contributed by atoms with Gasteiger partial charge in [0.1, 0.15) is 4.90 Å². The van der Waals surface area contributed by atoms with Crippen molar-refractivity contribution < 1.29 is 13.5 Å². The lowest BCUT2D eigenvalue weighted by molar-refractivity contribution is 0.165. The van der Waals surface area contributed by atoms with Crippen molar-refractivity contribution in [2.45, 2.75) is 23.5 Å². The largest absolute Gasteiger partial charge is 0.390 e. The molecule has 0 bridgehead atoms. The number of benzene rings is 2. The Balaban J connectivity index is 2.01. The number of nitrogens with two attached hydrogens (primary N) is 1. The van der Waals surface area contributed by atoms with Crippen molar-refractivity contribution in [1.82, 2.24) is 0 Å². The standard InChI is InChI=1S/C15H15BrN2O3S/c16-10-5-6-12(14(8-10)22(17,20)21)18-15-11-4-2-1-3-9(11)7-13(15)19/h1-6,8,13,15,18-19H,7H2,(H2,17,20,21)/t13-,15+/m0/s1. The molecule has 0 aliphatic heterocycles. The van der Waals surface area contributed by atoms with Crippen LogP contribution in [0.4, 0.5) is 5.69 Å². The van der Waals surface area contributed by atoms with Crippen LogP contribution in [0.15, 0.2) is 51.8 Å². The first-order valence-electron chi connectivity index (χ1n) is 6.71. The number of halogens is 1. The van der Waals surface area contributed by atoms with Gasteiger partial charge in [-0.25, -0.2) is 13.6 Å². The van der Waals surface area contributed by atoms with Gasteiger partial charge in [-0.3, -0.25) is 0 Å². The minimum Gasteiger partial charge on any atom is -0.390 e. The van der Waals surface area contributed by atoms with Crippen molar-refractivity contribution in [2.75, 3.05) is 5.32 Å². The molecular formula is C15H15BrN2O3S. The van der Waals surface area contributed by atoms with Crippen LogP contribution in [-0.2, 0) is 16.4 Å². The lowest BCUT2D eigenvalue weighted by Crippen LogP contribution is -2.23. The van der Waals surface area contributed by atoms with Gasteiger partial charge in [-0.15, -0.1) is 0 Å². The summed E-state index contributed by atoms with van der Waals surface area (Å²) in [7, 11) is -3.87. The summed E-state index contributed by atoms with van der Waals surface area (Å²) in [5, 5.41) is 18.7. The van der Waals surface area contributed by atoms with Gasteiger partial charge < -0.3 is 10.4 Å². The van der Waals surface area contributed by atoms with Crippen LogP contribution >= 0.6 is 15.9 Å².